The highest BCUT2D eigenvalue weighted by molar-refractivity contribution is 6.54. The van der Waals surface area contributed by atoms with E-state index in [1.807, 2.05) is 24.3 Å². The average Bonchev–Trinajstić information content (AvgIpc) is 2.80. The van der Waals surface area contributed by atoms with E-state index in [0.717, 1.165) is 16.5 Å². The van der Waals surface area contributed by atoms with Crippen LogP contribution in [0.2, 0.25) is 0 Å². The highest BCUT2D eigenvalue weighted by Gasteiger charge is 2.33. The van der Waals surface area contributed by atoms with E-state index < -0.39 is 17.7 Å². The highest BCUT2D eigenvalue weighted by Crippen LogP contribution is 2.36. The summed E-state index contributed by atoms with van der Waals surface area (Å²) in [5.74, 6) is -0.942. The largest absolute Gasteiger partial charge is 0.393 e. The smallest absolute Gasteiger partial charge is 0.235 e. The molecule has 4 nitrogen and oxygen atoms in total. The van der Waals surface area contributed by atoms with E-state index in [0.29, 0.717) is 23.3 Å². The predicted octanol–water partition coefficient (Wildman–Crippen LogP) is 2.48. The summed E-state index contributed by atoms with van der Waals surface area (Å²) in [7, 11) is 0. The van der Waals surface area contributed by atoms with Crippen LogP contribution in [0.15, 0.2) is 29.8 Å². The Balaban J connectivity index is 2.33. The Bertz CT molecular complexity index is 765. The van der Waals surface area contributed by atoms with Crippen molar-refractivity contribution < 1.29 is 14.7 Å². The van der Waals surface area contributed by atoms with Crippen LogP contribution in [-0.4, -0.2) is 27.8 Å². The molecule has 3 rings (SSSR count). The fourth-order valence-corrected chi connectivity index (χ4v) is 2.76. The number of ketones is 2. The first-order valence-corrected chi connectivity index (χ1v) is 6.58. The molecule has 20 heavy (non-hydrogen) atoms. The van der Waals surface area contributed by atoms with Crippen molar-refractivity contribution in [1.29, 1.82) is 0 Å². The lowest BCUT2D eigenvalue weighted by molar-refractivity contribution is -0.111. The van der Waals surface area contributed by atoms with Gasteiger partial charge in [0.25, 0.3) is 0 Å². The van der Waals surface area contributed by atoms with Crippen LogP contribution in [0.4, 0.5) is 0 Å². The summed E-state index contributed by atoms with van der Waals surface area (Å²) < 4.78 is 0. The van der Waals surface area contributed by atoms with E-state index >= 15 is 0 Å². The minimum Gasteiger partial charge on any atom is -0.393 e. The lowest BCUT2D eigenvalue weighted by Gasteiger charge is -2.18. The Kier molecular flexibility index (Phi) is 2.83. The minimum absolute atomic E-state index is 0.352. The molecule has 0 amide bonds. The Labute approximate surface area is 116 Å². The number of benzene rings is 1. The Morgan fingerprint density at radius 2 is 1.90 bits per heavy atom. The molecule has 0 bridgehead atoms. The number of para-hydroxylation sites is 1. The van der Waals surface area contributed by atoms with Crippen LogP contribution in [0.5, 0.6) is 0 Å². The van der Waals surface area contributed by atoms with Crippen LogP contribution < -0.4 is 0 Å². The van der Waals surface area contributed by atoms with Crippen molar-refractivity contribution in [2.75, 3.05) is 0 Å². The van der Waals surface area contributed by atoms with Gasteiger partial charge in [0.2, 0.25) is 11.6 Å². The maximum absolute atomic E-state index is 12.3. The number of nitrogens with one attached hydrogen (secondary N) is 1. The van der Waals surface area contributed by atoms with E-state index in [1.165, 1.54) is 0 Å². The number of hydrogen-bond acceptors (Lipinski definition) is 3. The molecule has 4 heteroatoms. The first-order valence-electron chi connectivity index (χ1n) is 6.58. The molecule has 0 saturated heterocycles. The van der Waals surface area contributed by atoms with Crippen molar-refractivity contribution in [3.63, 3.8) is 0 Å². The molecule has 0 radical (unpaired) electrons. The average molecular weight is 269 g/mol. The molecule has 1 aliphatic rings. The predicted molar refractivity (Wildman–Crippen MR) is 76.5 cm³/mol. The number of aromatic nitrogens is 1. The minimum atomic E-state index is -0.569. The molecular formula is C16H15NO3. The molecule has 2 aromatic rings. The fraction of sp³-hybridized carbons (Fsp3) is 0.250. The van der Waals surface area contributed by atoms with Crippen LogP contribution in [-0.2, 0) is 4.79 Å². The zero-order valence-corrected chi connectivity index (χ0v) is 11.4. The number of carbonyl (C=O) groups excluding carboxylic acids is 2. The van der Waals surface area contributed by atoms with E-state index in [2.05, 4.69) is 4.98 Å². The van der Waals surface area contributed by atoms with Crippen molar-refractivity contribution in [3.05, 3.63) is 41.1 Å². The second-order valence-corrected chi connectivity index (χ2v) is 5.24. The lowest BCUT2D eigenvalue weighted by atomic mass is 9.85. The maximum atomic E-state index is 12.3. The SMILES string of the molecule is CC1=C(C[C@@H](C)O)c2[nH]c3ccccc3c2C(=O)C1=O. The van der Waals surface area contributed by atoms with Crippen molar-refractivity contribution in [2.45, 2.75) is 26.4 Å². The monoisotopic (exact) mass is 269 g/mol. The maximum Gasteiger partial charge on any atom is 0.235 e. The lowest BCUT2D eigenvalue weighted by Crippen LogP contribution is -2.23. The normalized spacial score (nSPS) is 16.8. The number of aromatic amines is 1. The summed E-state index contributed by atoms with van der Waals surface area (Å²) in [5, 5.41) is 10.4. The molecule has 0 fully saturated rings. The Morgan fingerprint density at radius 1 is 1.20 bits per heavy atom. The van der Waals surface area contributed by atoms with Crippen LogP contribution >= 0.6 is 0 Å². The zero-order valence-electron chi connectivity index (χ0n) is 11.4. The number of fused-ring (bicyclic) bond motifs is 3. The van der Waals surface area contributed by atoms with Gasteiger partial charge < -0.3 is 10.1 Å². The summed E-state index contributed by atoms with van der Waals surface area (Å²) in [6.45, 7) is 3.32. The molecule has 0 spiro atoms. The number of allylic oxidation sites excluding steroid dienone is 1. The van der Waals surface area contributed by atoms with Crippen molar-refractivity contribution in [1.82, 2.24) is 4.98 Å². The van der Waals surface area contributed by atoms with E-state index in [9.17, 15) is 14.7 Å². The molecule has 0 unspecified atom stereocenters. The molecule has 1 aromatic carbocycles. The number of rotatable bonds is 2. The molecule has 1 heterocycles. The Hall–Kier alpha value is -2.20. The molecular weight excluding hydrogens is 254 g/mol. The van der Waals surface area contributed by atoms with Crippen molar-refractivity contribution in [2.24, 2.45) is 0 Å². The second-order valence-electron chi connectivity index (χ2n) is 5.24. The summed E-state index contributed by atoms with van der Waals surface area (Å²) in [6, 6.07) is 7.42. The number of aliphatic hydroxyl groups is 1. The molecule has 102 valence electrons. The van der Waals surface area contributed by atoms with E-state index in [-0.39, 0.29) is 0 Å². The van der Waals surface area contributed by atoms with Gasteiger partial charge in [0.15, 0.2) is 0 Å². The molecule has 1 aromatic heterocycles. The third kappa shape index (κ3) is 1.72. The molecule has 0 aliphatic heterocycles. The highest BCUT2D eigenvalue weighted by atomic mass is 16.3. The third-order valence-electron chi connectivity index (χ3n) is 3.73. The number of Topliss-reactive ketones (excluding diaryl/α,β-unsaturated/α-hetero) is 2. The number of hydrogen-bond donors (Lipinski definition) is 2. The first kappa shape index (κ1) is 12.8. The summed E-state index contributed by atoms with van der Waals surface area (Å²) in [4.78, 5) is 27.6. The first-order chi connectivity index (χ1) is 9.50. The van der Waals surface area contributed by atoms with Crippen LogP contribution in [0, 0.1) is 0 Å². The van der Waals surface area contributed by atoms with Crippen molar-refractivity contribution >= 4 is 28.0 Å². The van der Waals surface area contributed by atoms with Gasteiger partial charge in [0, 0.05) is 22.9 Å². The van der Waals surface area contributed by atoms with Gasteiger partial charge in [-0.3, -0.25) is 9.59 Å². The van der Waals surface area contributed by atoms with Crippen molar-refractivity contribution in [3.8, 4) is 0 Å². The summed E-state index contributed by atoms with van der Waals surface area (Å²) >= 11 is 0. The van der Waals surface area contributed by atoms with Crippen LogP contribution in [0.25, 0.3) is 16.5 Å². The zero-order chi connectivity index (χ0) is 14.4. The molecule has 1 atom stereocenters. The van der Waals surface area contributed by atoms with Gasteiger partial charge in [0.05, 0.1) is 17.4 Å². The van der Waals surface area contributed by atoms with Gasteiger partial charge in [-0.1, -0.05) is 18.2 Å². The molecule has 0 saturated carbocycles. The van der Waals surface area contributed by atoms with Gasteiger partial charge in [-0.05, 0) is 25.5 Å². The summed E-state index contributed by atoms with van der Waals surface area (Å²) in [5.41, 5.74) is 3.10. The van der Waals surface area contributed by atoms with Crippen LogP contribution in [0.1, 0.15) is 36.3 Å². The second kappa shape index (κ2) is 4.42. The quantitative estimate of drug-likeness (QED) is 0.823. The fourth-order valence-electron chi connectivity index (χ4n) is 2.76. The van der Waals surface area contributed by atoms with Gasteiger partial charge in [0.1, 0.15) is 0 Å². The third-order valence-corrected chi connectivity index (χ3v) is 3.73. The van der Waals surface area contributed by atoms with E-state index in [1.54, 1.807) is 13.8 Å². The topological polar surface area (TPSA) is 70.2 Å². The summed E-state index contributed by atoms with van der Waals surface area (Å²) in [6.07, 6.45) is -0.217. The van der Waals surface area contributed by atoms with Gasteiger partial charge in [-0.2, -0.15) is 0 Å². The number of carbonyl (C=O) groups is 2. The molecule has 1 aliphatic carbocycles. The van der Waals surface area contributed by atoms with Gasteiger partial charge in [-0.15, -0.1) is 0 Å². The van der Waals surface area contributed by atoms with E-state index in [4.69, 9.17) is 0 Å². The number of H-pyrrole nitrogens is 1. The molecule has 2 N–H and O–H groups in total. The van der Waals surface area contributed by atoms with Crippen LogP contribution in [0.3, 0.4) is 0 Å². The Morgan fingerprint density at radius 3 is 2.60 bits per heavy atom. The number of aliphatic hydroxyl groups excluding tert-OH is 1. The van der Waals surface area contributed by atoms with Gasteiger partial charge in [-0.25, -0.2) is 0 Å². The van der Waals surface area contributed by atoms with Gasteiger partial charge >= 0.3 is 0 Å². The standard InChI is InChI=1S/C16H15NO3/c1-8(18)7-11-9(2)15(19)16(20)13-10-5-3-4-6-12(10)17-14(11)13/h3-6,8,17-18H,7H2,1-2H3/t8-/m1/s1.